The third-order valence-electron chi connectivity index (χ3n) is 9.57. The van der Waals surface area contributed by atoms with Crippen LogP contribution >= 0.6 is 0 Å². The molecule has 2 aromatic rings. The normalized spacial score (nSPS) is 27.2. The second kappa shape index (κ2) is 12.3. The van der Waals surface area contributed by atoms with Crippen LogP contribution in [0.15, 0.2) is 30.5 Å². The number of pyridine rings is 1. The van der Waals surface area contributed by atoms with Gasteiger partial charge in [0.05, 0.1) is 6.61 Å². The zero-order valence-corrected chi connectivity index (χ0v) is 27.4. The van der Waals surface area contributed by atoms with Crippen molar-refractivity contribution in [3.8, 4) is 5.75 Å². The summed E-state index contributed by atoms with van der Waals surface area (Å²) in [6, 6.07) is 4.39. The van der Waals surface area contributed by atoms with Crippen LogP contribution in [-0.4, -0.2) is 55.7 Å². The number of hydrogen-bond acceptors (Lipinski definition) is 6. The van der Waals surface area contributed by atoms with E-state index in [-0.39, 0.29) is 40.6 Å². The fourth-order valence-corrected chi connectivity index (χ4v) is 6.92. The number of rotatable bonds is 9. The number of amides is 2. The van der Waals surface area contributed by atoms with Crippen molar-refractivity contribution in [3.63, 3.8) is 0 Å². The van der Waals surface area contributed by atoms with Crippen molar-refractivity contribution in [1.82, 2.24) is 4.98 Å². The predicted molar refractivity (Wildman–Crippen MR) is 159 cm³/mol. The fraction of sp³-hybridized carbons (Fsp3) is 0.581. The molecule has 1 saturated carbocycles. The van der Waals surface area contributed by atoms with Crippen LogP contribution in [0.25, 0.3) is 0 Å². The van der Waals surface area contributed by atoms with Gasteiger partial charge in [-0.1, -0.05) is 33.8 Å². The Hall–Kier alpha value is -3.10. The number of alkyl halides is 3. The summed E-state index contributed by atoms with van der Waals surface area (Å²) in [6.07, 6.45) is -4.25. The number of anilines is 1. The number of nitrogens with two attached hydrogens (primary N) is 1. The molecule has 1 aliphatic carbocycles. The number of primary amides is 1. The van der Waals surface area contributed by atoms with Gasteiger partial charge in [0.25, 0.3) is 11.8 Å². The summed E-state index contributed by atoms with van der Waals surface area (Å²) in [4.78, 5) is 28.8. The molecule has 0 radical (unpaired) electrons. The molecule has 0 unspecified atom stereocenters. The van der Waals surface area contributed by atoms with Gasteiger partial charge in [-0.05, 0) is 62.0 Å². The average Bonchev–Trinajstić information content (AvgIpc) is 3.18. The molecule has 3 N–H and O–H groups in total. The second-order valence-corrected chi connectivity index (χ2v) is 18.4. The van der Waals surface area contributed by atoms with Gasteiger partial charge in [0, 0.05) is 35.4 Å². The Labute approximate surface area is 260 Å². The molecule has 1 aromatic heterocycles. The van der Waals surface area contributed by atoms with Crippen molar-refractivity contribution in [2.75, 3.05) is 11.9 Å². The summed E-state index contributed by atoms with van der Waals surface area (Å²) < 4.78 is 90.6. The van der Waals surface area contributed by atoms with E-state index in [9.17, 15) is 27.2 Å². The van der Waals surface area contributed by atoms with E-state index in [4.69, 9.17) is 19.6 Å². The highest BCUT2D eigenvalue weighted by atomic mass is 28.4. The molecule has 2 fully saturated rings. The van der Waals surface area contributed by atoms with E-state index in [1.54, 1.807) is 0 Å². The van der Waals surface area contributed by atoms with Crippen molar-refractivity contribution >= 4 is 25.8 Å². The highest BCUT2D eigenvalue weighted by molar-refractivity contribution is 6.74. The van der Waals surface area contributed by atoms with Gasteiger partial charge in [0.2, 0.25) is 5.82 Å². The molecule has 14 heteroatoms. The van der Waals surface area contributed by atoms with Crippen LogP contribution < -0.4 is 15.8 Å². The van der Waals surface area contributed by atoms with Gasteiger partial charge in [-0.2, -0.15) is 17.6 Å². The summed E-state index contributed by atoms with van der Waals surface area (Å²) in [5.74, 6) is -7.92. The van der Waals surface area contributed by atoms with Gasteiger partial charge in [-0.15, -0.1) is 0 Å². The Morgan fingerprint density at radius 3 is 2.38 bits per heavy atom. The van der Waals surface area contributed by atoms with Gasteiger partial charge in [-0.3, -0.25) is 14.6 Å². The Kier molecular flexibility index (Phi) is 9.46. The van der Waals surface area contributed by atoms with Crippen LogP contribution in [0.5, 0.6) is 5.75 Å². The predicted octanol–water partition coefficient (Wildman–Crippen LogP) is 6.72. The topological polar surface area (TPSA) is 113 Å². The molecule has 0 spiro atoms. The van der Waals surface area contributed by atoms with Crippen LogP contribution in [0.3, 0.4) is 0 Å². The maximum Gasteiger partial charge on any atom is 0.417 e. The molecule has 4 rings (SSSR count). The maximum absolute atomic E-state index is 15.3. The SMILES string of the molecule is C[C@H]1[C@@H](c2ccc(F)c(F)c2OCC2CC(O[Si](C)(C)C(C)(C)C)C2)[C@H](C(=O)Nc2ccnc(C(N)=O)c2)O[C@@]1(C)C(F)(F)F. The van der Waals surface area contributed by atoms with E-state index in [0.29, 0.717) is 12.8 Å². The number of halogens is 5. The Morgan fingerprint density at radius 2 is 1.80 bits per heavy atom. The van der Waals surface area contributed by atoms with E-state index in [1.165, 1.54) is 19.2 Å². The zero-order valence-electron chi connectivity index (χ0n) is 26.4. The lowest BCUT2D eigenvalue weighted by Gasteiger charge is -2.44. The lowest BCUT2D eigenvalue weighted by atomic mass is 9.76. The third-order valence-corrected chi connectivity index (χ3v) is 14.1. The standard InChI is InChI=1S/C31H40F5N3O5Si/c1-16-23(26(43-30(16,5)31(34,35)36)28(41)39-18-10-11-38-22(14-18)27(37)40)20-8-9-21(32)24(33)25(20)42-15-17-12-19(13-17)44-45(6,7)29(2,3)4/h8-11,14,16-17,19,23,26H,12-13,15H2,1-7H3,(H2,37,40)(H,38,39,41)/t16-,17?,19?,23-,26+,30+/m0/s1. The first-order chi connectivity index (χ1) is 20.7. The summed E-state index contributed by atoms with van der Waals surface area (Å²) >= 11 is 0. The first-order valence-corrected chi connectivity index (χ1v) is 17.7. The highest BCUT2D eigenvalue weighted by Crippen LogP contribution is 2.55. The Morgan fingerprint density at radius 1 is 1.16 bits per heavy atom. The van der Waals surface area contributed by atoms with Crippen LogP contribution in [-0.2, 0) is 14.0 Å². The molecule has 1 saturated heterocycles. The van der Waals surface area contributed by atoms with E-state index >= 15 is 4.39 Å². The summed E-state index contributed by atoms with van der Waals surface area (Å²) in [5, 5.41) is 2.46. The molecule has 0 bridgehead atoms. The van der Waals surface area contributed by atoms with Gasteiger partial charge < -0.3 is 25.0 Å². The lowest BCUT2D eigenvalue weighted by molar-refractivity contribution is -0.272. The molecule has 2 amide bonds. The van der Waals surface area contributed by atoms with Gasteiger partial charge >= 0.3 is 6.18 Å². The van der Waals surface area contributed by atoms with Gasteiger partial charge in [-0.25, -0.2) is 4.39 Å². The zero-order chi connectivity index (χ0) is 33.7. The maximum atomic E-state index is 15.3. The van der Waals surface area contributed by atoms with E-state index in [0.717, 1.165) is 25.1 Å². The van der Waals surface area contributed by atoms with Crippen molar-refractivity contribution in [2.24, 2.45) is 17.6 Å². The molecule has 8 nitrogen and oxygen atoms in total. The Bertz CT molecular complexity index is 1440. The van der Waals surface area contributed by atoms with Crippen molar-refractivity contribution in [3.05, 3.63) is 53.4 Å². The number of benzene rings is 1. The van der Waals surface area contributed by atoms with E-state index in [1.807, 2.05) is 0 Å². The van der Waals surface area contributed by atoms with Gasteiger partial charge in [0.15, 0.2) is 25.5 Å². The first kappa shape index (κ1) is 34.8. The summed E-state index contributed by atoms with van der Waals surface area (Å²) in [5.41, 5.74) is 2.14. The smallest absolute Gasteiger partial charge is 0.417 e. The molecule has 248 valence electrons. The van der Waals surface area contributed by atoms with Crippen molar-refractivity contribution < 1.29 is 45.4 Å². The van der Waals surface area contributed by atoms with Crippen molar-refractivity contribution in [2.45, 2.75) is 95.5 Å². The average molecular weight is 658 g/mol. The second-order valence-electron chi connectivity index (χ2n) is 13.7. The molecular formula is C31H40F5N3O5Si. The summed E-state index contributed by atoms with van der Waals surface area (Å²) in [6.45, 7) is 12.7. The number of nitrogens with one attached hydrogen (secondary N) is 1. The minimum absolute atomic E-state index is 0.00316. The summed E-state index contributed by atoms with van der Waals surface area (Å²) in [7, 11) is -2.01. The minimum Gasteiger partial charge on any atom is -0.490 e. The third kappa shape index (κ3) is 6.87. The molecule has 1 aromatic carbocycles. The number of aromatic nitrogens is 1. The minimum atomic E-state index is -4.92. The number of carbonyl (C=O) groups is 2. The number of nitrogens with zero attached hydrogens (tertiary/aromatic N) is 1. The largest absolute Gasteiger partial charge is 0.490 e. The quantitative estimate of drug-likeness (QED) is 0.229. The molecule has 1 aliphatic heterocycles. The molecule has 2 aliphatic rings. The fourth-order valence-electron chi connectivity index (χ4n) is 5.54. The van der Waals surface area contributed by atoms with Crippen molar-refractivity contribution in [1.29, 1.82) is 0 Å². The van der Waals surface area contributed by atoms with Crippen LogP contribution in [0.1, 0.15) is 69.4 Å². The molecular weight excluding hydrogens is 617 g/mol. The Balaban J connectivity index is 1.61. The monoisotopic (exact) mass is 657 g/mol. The number of hydrogen-bond donors (Lipinski definition) is 2. The number of carbonyl (C=O) groups excluding carboxylic acids is 2. The number of ether oxygens (including phenoxy) is 2. The lowest BCUT2D eigenvalue weighted by Crippen LogP contribution is -2.48. The molecule has 45 heavy (non-hydrogen) atoms. The molecule has 2 heterocycles. The van der Waals surface area contributed by atoms with E-state index in [2.05, 4.69) is 44.2 Å². The van der Waals surface area contributed by atoms with Crippen LogP contribution in [0, 0.1) is 23.5 Å². The molecule has 4 atom stereocenters. The van der Waals surface area contributed by atoms with Gasteiger partial charge in [0.1, 0.15) is 11.8 Å². The van der Waals surface area contributed by atoms with Crippen LogP contribution in [0.2, 0.25) is 18.1 Å². The van der Waals surface area contributed by atoms with E-state index < -0.39 is 67.2 Å². The first-order valence-electron chi connectivity index (χ1n) is 14.8. The highest BCUT2D eigenvalue weighted by Gasteiger charge is 2.66. The van der Waals surface area contributed by atoms with Crippen LogP contribution in [0.4, 0.5) is 27.6 Å².